The lowest BCUT2D eigenvalue weighted by atomic mass is 10.2. The number of nitrogens with one attached hydrogen (secondary N) is 1. The van der Waals surface area contributed by atoms with Crippen LogP contribution in [0.15, 0.2) is 20.9 Å². The van der Waals surface area contributed by atoms with Gasteiger partial charge in [-0.15, -0.1) is 10.2 Å². The highest BCUT2D eigenvalue weighted by Gasteiger charge is 2.13. The largest absolute Gasteiger partial charge is 0.481 e. The number of carboxylic acid groups (broad SMARTS) is 1. The Morgan fingerprint density at radius 2 is 2.37 bits per heavy atom. The number of nitrogens with zero attached hydrogens (tertiary/aromatic N) is 2. The van der Waals surface area contributed by atoms with Crippen molar-refractivity contribution in [2.24, 2.45) is 0 Å². The molecule has 0 spiro atoms. The fraction of sp³-hybridized carbons (Fsp3) is 0.364. The molecule has 0 fully saturated rings. The first kappa shape index (κ1) is 13.9. The first-order valence-corrected chi connectivity index (χ1v) is 7.36. The minimum atomic E-state index is -0.867. The van der Waals surface area contributed by atoms with Crippen LogP contribution < -0.4 is 5.32 Å². The minimum Gasteiger partial charge on any atom is -0.481 e. The van der Waals surface area contributed by atoms with Gasteiger partial charge in [0.15, 0.2) is 4.34 Å². The Bertz CT molecular complexity index is 567. The summed E-state index contributed by atoms with van der Waals surface area (Å²) in [6.07, 6.45) is 0. The number of aromatic nitrogens is 2. The summed E-state index contributed by atoms with van der Waals surface area (Å²) in [6.45, 7) is 3.85. The van der Waals surface area contributed by atoms with Crippen LogP contribution in [0.3, 0.4) is 0 Å². The molecule has 8 heteroatoms. The summed E-state index contributed by atoms with van der Waals surface area (Å²) in [5.74, 6) is 0.807. The molecular weight excluding hydrogens is 286 g/mol. The summed E-state index contributed by atoms with van der Waals surface area (Å²) >= 11 is 2.49. The second-order valence-corrected chi connectivity index (χ2v) is 6.07. The Labute approximate surface area is 118 Å². The predicted octanol–water partition coefficient (Wildman–Crippen LogP) is 2.79. The van der Waals surface area contributed by atoms with E-state index in [1.165, 1.54) is 11.3 Å². The average molecular weight is 299 g/mol. The molecule has 0 aliphatic carbocycles. The van der Waals surface area contributed by atoms with Gasteiger partial charge in [0.1, 0.15) is 11.5 Å². The number of anilines is 1. The molecule has 0 saturated carbocycles. The monoisotopic (exact) mass is 299 g/mol. The molecule has 1 atom stereocenters. The lowest BCUT2D eigenvalue weighted by Crippen LogP contribution is -2.05. The zero-order valence-electron chi connectivity index (χ0n) is 10.4. The average Bonchev–Trinajstić information content (AvgIpc) is 2.95. The quantitative estimate of drug-likeness (QED) is 0.793. The van der Waals surface area contributed by atoms with E-state index in [4.69, 9.17) is 9.52 Å². The van der Waals surface area contributed by atoms with E-state index in [1.807, 2.05) is 26.0 Å². The van der Waals surface area contributed by atoms with Gasteiger partial charge in [0.05, 0.1) is 11.8 Å². The molecule has 102 valence electrons. The topological polar surface area (TPSA) is 88.2 Å². The summed E-state index contributed by atoms with van der Waals surface area (Å²) in [6, 6.07) is 3.80. The molecule has 6 nitrogen and oxygen atoms in total. The van der Waals surface area contributed by atoms with E-state index >= 15 is 0 Å². The van der Waals surface area contributed by atoms with E-state index in [0.29, 0.717) is 9.47 Å². The Kier molecular flexibility index (Phi) is 4.43. The maximum absolute atomic E-state index is 10.5. The van der Waals surface area contributed by atoms with Gasteiger partial charge < -0.3 is 14.8 Å². The van der Waals surface area contributed by atoms with Crippen molar-refractivity contribution in [3.8, 4) is 0 Å². The predicted molar refractivity (Wildman–Crippen MR) is 73.8 cm³/mol. The standard InChI is InChI=1S/C11H13N3O3S2/c1-6-3-4-8(17-6)7(2)12-10-13-14-11(19-10)18-5-9(15)16/h3-4,7H,5H2,1-2H3,(H,12,13)(H,15,16). The second kappa shape index (κ2) is 6.07. The van der Waals surface area contributed by atoms with Crippen molar-refractivity contribution >= 4 is 34.2 Å². The van der Waals surface area contributed by atoms with Crippen LogP contribution in [0.5, 0.6) is 0 Å². The van der Waals surface area contributed by atoms with Gasteiger partial charge in [0.25, 0.3) is 0 Å². The molecule has 2 N–H and O–H groups in total. The normalized spacial score (nSPS) is 12.3. The molecule has 0 aliphatic heterocycles. The summed E-state index contributed by atoms with van der Waals surface area (Å²) in [5, 5.41) is 20.3. The third-order valence-corrected chi connectivity index (χ3v) is 4.23. The van der Waals surface area contributed by atoms with Crippen molar-refractivity contribution < 1.29 is 14.3 Å². The fourth-order valence-corrected chi connectivity index (χ4v) is 2.95. The number of hydrogen-bond donors (Lipinski definition) is 2. The fourth-order valence-electron chi connectivity index (χ4n) is 1.39. The number of hydrogen-bond acceptors (Lipinski definition) is 7. The third kappa shape index (κ3) is 3.97. The molecule has 19 heavy (non-hydrogen) atoms. The highest BCUT2D eigenvalue weighted by Crippen LogP contribution is 2.28. The van der Waals surface area contributed by atoms with E-state index in [-0.39, 0.29) is 11.8 Å². The lowest BCUT2D eigenvalue weighted by Gasteiger charge is -2.08. The van der Waals surface area contributed by atoms with Crippen LogP contribution in [-0.2, 0) is 4.79 Å². The molecule has 0 amide bonds. The third-order valence-electron chi connectivity index (χ3n) is 2.25. The van der Waals surface area contributed by atoms with Crippen LogP contribution >= 0.6 is 23.1 Å². The number of aryl methyl sites for hydroxylation is 1. The molecule has 0 bridgehead atoms. The molecule has 1 unspecified atom stereocenters. The van der Waals surface area contributed by atoms with E-state index in [0.717, 1.165) is 23.3 Å². The maximum atomic E-state index is 10.5. The highest BCUT2D eigenvalue weighted by molar-refractivity contribution is 8.01. The SMILES string of the molecule is Cc1ccc(C(C)Nc2nnc(SCC(=O)O)s2)o1. The second-order valence-electron chi connectivity index (χ2n) is 3.87. The number of aliphatic carboxylic acids is 1. The van der Waals surface area contributed by atoms with Crippen LogP contribution in [0.1, 0.15) is 24.5 Å². The Balaban J connectivity index is 1.94. The van der Waals surface area contributed by atoms with Gasteiger partial charge in [0.2, 0.25) is 5.13 Å². The molecule has 0 saturated heterocycles. The number of rotatable bonds is 6. The Morgan fingerprint density at radius 3 is 3.00 bits per heavy atom. The van der Waals surface area contributed by atoms with Crippen LogP contribution in [0.25, 0.3) is 0 Å². The first-order valence-electron chi connectivity index (χ1n) is 5.55. The van der Waals surface area contributed by atoms with Gasteiger partial charge in [0, 0.05) is 0 Å². The molecule has 0 aromatic carbocycles. The molecule has 0 aliphatic rings. The highest BCUT2D eigenvalue weighted by atomic mass is 32.2. The summed E-state index contributed by atoms with van der Waals surface area (Å²) in [7, 11) is 0. The molecule has 2 aromatic heterocycles. The van der Waals surface area contributed by atoms with Gasteiger partial charge >= 0.3 is 5.97 Å². The van der Waals surface area contributed by atoms with Crippen molar-refractivity contribution in [1.82, 2.24) is 10.2 Å². The number of carboxylic acids is 1. The van der Waals surface area contributed by atoms with Crippen LogP contribution in [-0.4, -0.2) is 27.0 Å². The zero-order chi connectivity index (χ0) is 13.8. The zero-order valence-corrected chi connectivity index (χ0v) is 12.0. The summed E-state index contributed by atoms with van der Waals surface area (Å²) in [5.41, 5.74) is 0. The van der Waals surface area contributed by atoms with E-state index in [9.17, 15) is 4.79 Å². The number of furan rings is 1. The Morgan fingerprint density at radius 1 is 1.58 bits per heavy atom. The molecule has 2 rings (SSSR count). The molecule has 2 aromatic rings. The van der Waals surface area contributed by atoms with Crippen LogP contribution in [0.2, 0.25) is 0 Å². The van der Waals surface area contributed by atoms with E-state index < -0.39 is 5.97 Å². The number of carbonyl (C=O) groups is 1. The maximum Gasteiger partial charge on any atom is 0.313 e. The lowest BCUT2D eigenvalue weighted by molar-refractivity contribution is -0.133. The van der Waals surface area contributed by atoms with Crippen molar-refractivity contribution in [3.63, 3.8) is 0 Å². The van der Waals surface area contributed by atoms with Crippen LogP contribution in [0, 0.1) is 6.92 Å². The van der Waals surface area contributed by atoms with Gasteiger partial charge in [-0.3, -0.25) is 4.79 Å². The van der Waals surface area contributed by atoms with E-state index in [2.05, 4.69) is 15.5 Å². The van der Waals surface area contributed by atoms with E-state index in [1.54, 1.807) is 0 Å². The smallest absolute Gasteiger partial charge is 0.313 e. The van der Waals surface area contributed by atoms with Gasteiger partial charge in [-0.25, -0.2) is 0 Å². The Hall–Kier alpha value is -1.54. The summed E-state index contributed by atoms with van der Waals surface area (Å²) in [4.78, 5) is 10.5. The molecule has 0 radical (unpaired) electrons. The molecule has 2 heterocycles. The molecular formula is C11H13N3O3S2. The first-order chi connectivity index (χ1) is 9.04. The van der Waals surface area contributed by atoms with Crippen molar-refractivity contribution in [2.75, 3.05) is 11.1 Å². The van der Waals surface area contributed by atoms with Crippen molar-refractivity contribution in [2.45, 2.75) is 24.2 Å². The van der Waals surface area contributed by atoms with Crippen molar-refractivity contribution in [1.29, 1.82) is 0 Å². The van der Waals surface area contributed by atoms with Gasteiger partial charge in [-0.2, -0.15) is 0 Å². The minimum absolute atomic E-state index is 0.0123. The van der Waals surface area contributed by atoms with Crippen LogP contribution in [0.4, 0.5) is 5.13 Å². The van der Waals surface area contributed by atoms with Crippen molar-refractivity contribution in [3.05, 3.63) is 23.7 Å². The van der Waals surface area contributed by atoms with Gasteiger partial charge in [-0.1, -0.05) is 23.1 Å². The summed E-state index contributed by atoms with van der Waals surface area (Å²) < 4.78 is 6.15. The number of thioether (sulfide) groups is 1. The van der Waals surface area contributed by atoms with Gasteiger partial charge in [-0.05, 0) is 26.0 Å².